The monoisotopic (exact) mass is 433 g/mol. The second-order valence-corrected chi connectivity index (χ2v) is 8.58. The van der Waals surface area contributed by atoms with E-state index in [1.165, 1.54) is 16.8 Å². The van der Waals surface area contributed by atoms with E-state index in [9.17, 15) is 4.79 Å². The molecule has 0 bridgehead atoms. The van der Waals surface area contributed by atoms with Gasteiger partial charge in [0.15, 0.2) is 0 Å². The second-order valence-electron chi connectivity index (χ2n) is 8.58. The van der Waals surface area contributed by atoms with Crippen molar-refractivity contribution < 1.29 is 4.79 Å². The van der Waals surface area contributed by atoms with Gasteiger partial charge in [0.1, 0.15) is 5.82 Å². The summed E-state index contributed by atoms with van der Waals surface area (Å²) in [7, 11) is 5.56. The predicted molar refractivity (Wildman–Crippen MR) is 124 cm³/mol. The highest BCUT2D eigenvalue weighted by Crippen LogP contribution is 2.30. The number of likely N-dealkylation sites (N-methyl/N-ethyl adjacent to an activating group) is 1. The Bertz CT molecular complexity index is 1050. The van der Waals surface area contributed by atoms with Crippen molar-refractivity contribution in [2.24, 2.45) is 7.05 Å². The molecule has 4 rings (SSSR count). The van der Waals surface area contributed by atoms with E-state index >= 15 is 0 Å². The van der Waals surface area contributed by atoms with E-state index in [2.05, 4.69) is 56.1 Å². The van der Waals surface area contributed by atoms with Crippen molar-refractivity contribution in [3.05, 3.63) is 71.4 Å². The number of hydrogen-bond acceptors (Lipinski definition) is 6. The largest absolute Gasteiger partial charge is 0.352 e. The average molecular weight is 434 g/mol. The molecule has 0 radical (unpaired) electrons. The summed E-state index contributed by atoms with van der Waals surface area (Å²) in [6.45, 7) is 5.59. The van der Waals surface area contributed by atoms with Gasteiger partial charge in [-0.15, -0.1) is 0 Å². The third-order valence-corrected chi connectivity index (χ3v) is 6.29. The van der Waals surface area contributed by atoms with E-state index in [0.29, 0.717) is 6.42 Å². The van der Waals surface area contributed by atoms with Gasteiger partial charge in [-0.2, -0.15) is 5.10 Å². The molecule has 1 unspecified atom stereocenters. The van der Waals surface area contributed by atoms with Crippen LogP contribution in [0.5, 0.6) is 0 Å². The highest BCUT2D eigenvalue weighted by Gasteiger charge is 2.30. The zero-order valence-corrected chi connectivity index (χ0v) is 19.3. The fourth-order valence-electron chi connectivity index (χ4n) is 4.10. The van der Waals surface area contributed by atoms with Gasteiger partial charge in [0, 0.05) is 71.0 Å². The molecule has 1 amide bonds. The first-order valence-corrected chi connectivity index (χ1v) is 10.9. The van der Waals surface area contributed by atoms with Crippen LogP contribution < -0.4 is 4.90 Å². The molecule has 32 heavy (non-hydrogen) atoms. The summed E-state index contributed by atoms with van der Waals surface area (Å²) in [6, 6.07) is 8.67. The lowest BCUT2D eigenvalue weighted by Gasteiger charge is -2.42. The molecule has 1 fully saturated rings. The normalized spacial score (nSPS) is 16.9. The van der Waals surface area contributed by atoms with E-state index in [0.717, 1.165) is 37.6 Å². The summed E-state index contributed by atoms with van der Waals surface area (Å²) >= 11 is 0. The number of carbonyl (C=O) groups is 1. The molecule has 8 nitrogen and oxygen atoms in total. The Morgan fingerprint density at radius 1 is 1.12 bits per heavy atom. The molecule has 1 aliphatic rings. The number of aryl methyl sites for hydroxylation is 1. The number of anilines is 1. The minimum Gasteiger partial charge on any atom is -0.352 e. The Kier molecular flexibility index (Phi) is 6.50. The van der Waals surface area contributed by atoms with Gasteiger partial charge < -0.3 is 9.80 Å². The second kappa shape index (κ2) is 9.48. The lowest BCUT2D eigenvalue weighted by Crippen LogP contribution is -2.48. The molecular weight excluding hydrogens is 402 g/mol. The molecule has 168 valence electrons. The van der Waals surface area contributed by atoms with Gasteiger partial charge in [-0.1, -0.05) is 24.3 Å². The van der Waals surface area contributed by atoms with Crippen molar-refractivity contribution >= 4 is 11.7 Å². The Balaban J connectivity index is 1.58. The summed E-state index contributed by atoms with van der Waals surface area (Å²) < 4.78 is 1.93. The Morgan fingerprint density at radius 2 is 1.91 bits per heavy atom. The number of carbonyl (C=O) groups excluding carboxylic acids is 1. The highest BCUT2D eigenvalue weighted by molar-refractivity contribution is 5.78. The van der Waals surface area contributed by atoms with Crippen LogP contribution in [0.1, 0.15) is 28.4 Å². The van der Waals surface area contributed by atoms with Gasteiger partial charge in [0.05, 0.1) is 24.9 Å². The lowest BCUT2D eigenvalue weighted by atomic mass is 9.99. The van der Waals surface area contributed by atoms with Gasteiger partial charge in [-0.05, 0) is 18.1 Å². The topological polar surface area (TPSA) is 70.4 Å². The van der Waals surface area contributed by atoms with Crippen LogP contribution in [0.2, 0.25) is 0 Å². The molecule has 1 aliphatic heterocycles. The molecule has 0 saturated carbocycles. The Labute approximate surface area is 189 Å². The zero-order chi connectivity index (χ0) is 22.7. The highest BCUT2D eigenvalue weighted by atomic mass is 16.2. The third kappa shape index (κ3) is 4.80. The van der Waals surface area contributed by atoms with Gasteiger partial charge in [-0.25, -0.2) is 4.98 Å². The number of aromatic nitrogens is 4. The fraction of sp³-hybridized carbons (Fsp3) is 0.417. The minimum absolute atomic E-state index is 0.109. The van der Waals surface area contributed by atoms with Crippen molar-refractivity contribution in [1.82, 2.24) is 29.5 Å². The van der Waals surface area contributed by atoms with Crippen LogP contribution in [0.4, 0.5) is 5.82 Å². The first-order chi connectivity index (χ1) is 15.4. The molecule has 1 atom stereocenters. The number of benzene rings is 1. The summed E-state index contributed by atoms with van der Waals surface area (Å²) in [4.78, 5) is 27.3. The molecule has 0 spiro atoms. The van der Waals surface area contributed by atoms with E-state index in [1.54, 1.807) is 31.4 Å². The van der Waals surface area contributed by atoms with Crippen LogP contribution in [-0.2, 0) is 24.8 Å². The van der Waals surface area contributed by atoms with Crippen molar-refractivity contribution in [3.8, 4) is 0 Å². The van der Waals surface area contributed by atoms with E-state index in [4.69, 9.17) is 0 Å². The molecule has 0 aliphatic carbocycles. The summed E-state index contributed by atoms with van der Waals surface area (Å²) in [5, 5.41) is 4.42. The predicted octanol–water partition coefficient (Wildman–Crippen LogP) is 2.21. The van der Waals surface area contributed by atoms with Crippen molar-refractivity contribution in [2.45, 2.75) is 25.9 Å². The van der Waals surface area contributed by atoms with Gasteiger partial charge in [-0.3, -0.25) is 19.4 Å². The molecule has 3 heterocycles. The standard InChI is InChI=1S/C24H31N7O/c1-18-21(14-27-29(18)4)16-30-11-12-31(23-15-25-9-10-26-23)17-22(30)20-7-5-19(6-8-20)13-24(32)28(2)3/h5-10,14-15,22H,11-13,16-17H2,1-4H3. The molecule has 8 heteroatoms. The van der Waals surface area contributed by atoms with E-state index in [-0.39, 0.29) is 11.9 Å². The van der Waals surface area contributed by atoms with Crippen LogP contribution in [0.3, 0.4) is 0 Å². The minimum atomic E-state index is 0.109. The smallest absolute Gasteiger partial charge is 0.226 e. The van der Waals surface area contributed by atoms with Crippen molar-refractivity contribution in [3.63, 3.8) is 0 Å². The first kappa shape index (κ1) is 22.0. The summed E-state index contributed by atoms with van der Waals surface area (Å²) in [5.41, 5.74) is 4.71. The van der Waals surface area contributed by atoms with Crippen molar-refractivity contribution in [2.75, 3.05) is 38.6 Å². The molecule has 3 aromatic rings. The SMILES string of the molecule is Cc1c(CN2CCN(c3cnccn3)CC2c2ccc(CC(=O)N(C)C)cc2)cnn1C. The van der Waals surface area contributed by atoms with Crippen LogP contribution in [-0.4, -0.2) is 69.2 Å². The van der Waals surface area contributed by atoms with Gasteiger partial charge in [0.2, 0.25) is 5.91 Å². The van der Waals surface area contributed by atoms with Crippen LogP contribution in [0.25, 0.3) is 0 Å². The van der Waals surface area contributed by atoms with Crippen LogP contribution >= 0.6 is 0 Å². The maximum Gasteiger partial charge on any atom is 0.226 e. The third-order valence-electron chi connectivity index (χ3n) is 6.29. The molecule has 1 aromatic carbocycles. The molecular formula is C24H31N7O. The summed E-state index contributed by atoms with van der Waals surface area (Å²) in [5.74, 6) is 1.01. The van der Waals surface area contributed by atoms with Crippen LogP contribution in [0.15, 0.2) is 49.1 Å². The Hall–Kier alpha value is -3.26. The van der Waals surface area contributed by atoms with Gasteiger partial charge >= 0.3 is 0 Å². The first-order valence-electron chi connectivity index (χ1n) is 10.9. The van der Waals surface area contributed by atoms with E-state index in [1.807, 2.05) is 24.1 Å². The number of hydrogen-bond donors (Lipinski definition) is 0. The van der Waals surface area contributed by atoms with Gasteiger partial charge in [0.25, 0.3) is 0 Å². The zero-order valence-electron chi connectivity index (χ0n) is 19.3. The fourth-order valence-corrected chi connectivity index (χ4v) is 4.10. The Morgan fingerprint density at radius 3 is 2.53 bits per heavy atom. The number of rotatable bonds is 6. The van der Waals surface area contributed by atoms with Crippen LogP contribution in [0, 0.1) is 6.92 Å². The molecule has 2 aromatic heterocycles. The maximum absolute atomic E-state index is 12.1. The maximum atomic E-state index is 12.1. The lowest BCUT2D eigenvalue weighted by molar-refractivity contribution is -0.127. The summed E-state index contributed by atoms with van der Waals surface area (Å²) in [6.07, 6.45) is 7.66. The molecule has 1 saturated heterocycles. The number of piperazine rings is 1. The van der Waals surface area contributed by atoms with E-state index < -0.39 is 0 Å². The average Bonchev–Trinajstić information content (AvgIpc) is 3.12. The quantitative estimate of drug-likeness (QED) is 0.594. The number of nitrogens with zero attached hydrogens (tertiary/aromatic N) is 7. The molecule has 0 N–H and O–H groups in total. The number of amides is 1. The van der Waals surface area contributed by atoms with Crippen molar-refractivity contribution in [1.29, 1.82) is 0 Å².